The van der Waals surface area contributed by atoms with Crippen LogP contribution in [0.15, 0.2) is 60.0 Å². The topological polar surface area (TPSA) is 134 Å². The summed E-state index contributed by atoms with van der Waals surface area (Å²) in [5.74, 6) is 1.43. The number of pyridine rings is 1. The molecule has 0 amide bonds. The predicted molar refractivity (Wildman–Crippen MR) is 126 cm³/mol. The van der Waals surface area contributed by atoms with Crippen molar-refractivity contribution < 1.29 is 9.84 Å². The highest BCUT2D eigenvalue weighted by atomic mass is 16.5. The molecule has 0 spiro atoms. The van der Waals surface area contributed by atoms with Gasteiger partial charge in [-0.15, -0.1) is 0 Å². The van der Waals surface area contributed by atoms with Gasteiger partial charge in [0.25, 0.3) is 0 Å². The minimum absolute atomic E-state index is 0.00941. The van der Waals surface area contributed by atoms with Crippen molar-refractivity contribution in [3.8, 4) is 11.9 Å². The van der Waals surface area contributed by atoms with E-state index >= 15 is 0 Å². The number of rotatable bonds is 6. The van der Waals surface area contributed by atoms with E-state index in [0.29, 0.717) is 34.9 Å². The van der Waals surface area contributed by atoms with Crippen molar-refractivity contribution in [1.82, 2.24) is 25.2 Å². The summed E-state index contributed by atoms with van der Waals surface area (Å²) in [6, 6.07) is 6.84. The zero-order valence-corrected chi connectivity index (χ0v) is 18.6. The van der Waals surface area contributed by atoms with Crippen molar-refractivity contribution in [3.63, 3.8) is 0 Å². The molecule has 172 valence electrons. The van der Waals surface area contributed by atoms with Crippen molar-refractivity contribution in [1.29, 1.82) is 10.7 Å². The van der Waals surface area contributed by atoms with E-state index in [2.05, 4.69) is 36.1 Å². The van der Waals surface area contributed by atoms with Crippen LogP contribution in [0, 0.1) is 16.7 Å². The molecule has 0 aliphatic carbocycles. The number of fused-ring (bicyclic) bond motifs is 2. The molecule has 6 heterocycles. The summed E-state index contributed by atoms with van der Waals surface area (Å²) < 4.78 is 5.14. The molecule has 10 nitrogen and oxygen atoms in total. The van der Waals surface area contributed by atoms with Gasteiger partial charge in [0.05, 0.1) is 36.5 Å². The molecule has 0 radical (unpaired) electrons. The van der Waals surface area contributed by atoms with Crippen LogP contribution in [0.2, 0.25) is 0 Å². The standard InChI is InChI=1S/C24H24N8O2/c1-34-23-3-2-15(8-29-23)12-32-17-4-18(32)14-31(13-17)22-11-27-21(10-28-22)20-5-19(33)9-30-24(20)16(6-25)7-26/h2-3,5-6,8-11,17-18,25,30,33H,4,12-14H2,1H3/b24-16+,25-6?. The molecule has 4 aliphatic heterocycles. The summed E-state index contributed by atoms with van der Waals surface area (Å²) in [4.78, 5) is 18.2. The molecule has 34 heavy (non-hydrogen) atoms. The quantitative estimate of drug-likeness (QED) is 0.441. The SMILES string of the molecule is COc1ccc(CN2C3CC2CN(c2cnc(C4=CC(O)=CN/C4=C(/C#N)C=N)cn2)C3)cn1. The van der Waals surface area contributed by atoms with Crippen molar-refractivity contribution in [3.05, 3.63) is 71.3 Å². The number of ether oxygens (including phenoxy) is 1. The summed E-state index contributed by atoms with van der Waals surface area (Å²) in [5, 5.41) is 29.6. The van der Waals surface area contributed by atoms with Gasteiger partial charge in [0.1, 0.15) is 17.6 Å². The maximum Gasteiger partial charge on any atom is 0.212 e. The second-order valence-electron chi connectivity index (χ2n) is 8.41. The molecule has 6 rings (SSSR count). The van der Waals surface area contributed by atoms with Crippen molar-refractivity contribution in [2.75, 3.05) is 25.1 Å². The number of dihydropyridines is 1. The Bertz CT molecular complexity index is 1220. The summed E-state index contributed by atoms with van der Waals surface area (Å²) in [6.45, 7) is 2.62. The Hall–Kier alpha value is -4.23. The number of nitrogens with one attached hydrogen (secondary N) is 2. The van der Waals surface area contributed by atoms with E-state index in [4.69, 9.17) is 10.1 Å². The summed E-state index contributed by atoms with van der Waals surface area (Å²) in [7, 11) is 1.62. The second-order valence-corrected chi connectivity index (χ2v) is 8.41. The lowest BCUT2D eigenvalue weighted by atomic mass is 9.87. The summed E-state index contributed by atoms with van der Waals surface area (Å²) in [6.07, 6.45) is 10.3. The number of allylic oxidation sites excluding steroid dienone is 3. The Balaban J connectivity index is 1.28. The van der Waals surface area contributed by atoms with E-state index in [1.54, 1.807) is 19.5 Å². The number of piperazine rings is 1. The molecule has 4 aliphatic rings. The lowest BCUT2D eigenvalue weighted by molar-refractivity contribution is -0.00879. The molecule has 2 unspecified atom stereocenters. The zero-order chi connectivity index (χ0) is 23.7. The Morgan fingerprint density at radius 2 is 2.09 bits per heavy atom. The van der Waals surface area contributed by atoms with Crippen LogP contribution < -0.4 is 15.0 Å². The number of aliphatic hydroxyl groups is 1. The van der Waals surface area contributed by atoms with Gasteiger partial charge in [-0.3, -0.25) is 9.88 Å². The fourth-order valence-electron chi connectivity index (χ4n) is 4.66. The molecule has 3 fully saturated rings. The van der Waals surface area contributed by atoms with Gasteiger partial charge in [-0.05, 0) is 18.1 Å². The van der Waals surface area contributed by atoms with Gasteiger partial charge in [-0.1, -0.05) is 6.07 Å². The summed E-state index contributed by atoms with van der Waals surface area (Å²) >= 11 is 0. The first-order chi connectivity index (χ1) is 16.6. The van der Waals surface area contributed by atoms with Crippen LogP contribution in [-0.4, -0.2) is 63.5 Å². The van der Waals surface area contributed by atoms with Crippen LogP contribution >= 0.6 is 0 Å². The lowest BCUT2D eigenvalue weighted by Crippen LogP contribution is -2.68. The van der Waals surface area contributed by atoms with Crippen molar-refractivity contribution >= 4 is 17.6 Å². The number of hydrogen-bond acceptors (Lipinski definition) is 10. The molecule has 2 aromatic rings. The molecular weight excluding hydrogens is 432 g/mol. The number of hydrogen-bond donors (Lipinski definition) is 3. The largest absolute Gasteiger partial charge is 0.506 e. The van der Waals surface area contributed by atoms with Crippen LogP contribution in [0.4, 0.5) is 5.82 Å². The highest BCUT2D eigenvalue weighted by molar-refractivity contribution is 5.92. The maximum absolute atomic E-state index is 9.92. The van der Waals surface area contributed by atoms with Gasteiger partial charge in [0.2, 0.25) is 5.88 Å². The third-order valence-corrected chi connectivity index (χ3v) is 6.41. The predicted octanol–water partition coefficient (Wildman–Crippen LogP) is 2.16. The van der Waals surface area contributed by atoms with Gasteiger partial charge >= 0.3 is 0 Å². The van der Waals surface area contributed by atoms with E-state index in [1.807, 2.05) is 18.3 Å². The Morgan fingerprint density at radius 3 is 2.71 bits per heavy atom. The van der Waals surface area contributed by atoms with E-state index in [-0.39, 0.29) is 11.3 Å². The number of anilines is 1. The van der Waals surface area contributed by atoms with Gasteiger partial charge in [-0.25, -0.2) is 9.97 Å². The smallest absolute Gasteiger partial charge is 0.212 e. The Morgan fingerprint density at radius 1 is 1.26 bits per heavy atom. The third kappa shape index (κ3) is 3.97. The minimum atomic E-state index is 0.00941. The highest BCUT2D eigenvalue weighted by Gasteiger charge is 2.44. The maximum atomic E-state index is 9.92. The number of aliphatic hydroxyl groups excluding tert-OH is 1. The normalized spacial score (nSPS) is 23.0. The molecule has 0 aromatic carbocycles. The zero-order valence-electron chi connectivity index (χ0n) is 18.6. The second kappa shape index (κ2) is 8.96. The number of nitriles is 1. The van der Waals surface area contributed by atoms with Gasteiger partial charge in [0, 0.05) is 62.0 Å². The van der Waals surface area contributed by atoms with Crippen LogP contribution in [0.3, 0.4) is 0 Å². The molecule has 2 bridgehead atoms. The van der Waals surface area contributed by atoms with Crippen LogP contribution in [0.25, 0.3) is 5.57 Å². The van der Waals surface area contributed by atoms with E-state index in [0.717, 1.165) is 31.7 Å². The average molecular weight is 457 g/mol. The first-order valence-electron chi connectivity index (χ1n) is 10.9. The monoisotopic (exact) mass is 456 g/mol. The van der Waals surface area contributed by atoms with Crippen LogP contribution in [0.5, 0.6) is 5.88 Å². The minimum Gasteiger partial charge on any atom is -0.506 e. The van der Waals surface area contributed by atoms with E-state index in [9.17, 15) is 10.4 Å². The van der Waals surface area contributed by atoms with Gasteiger partial charge in [0.15, 0.2) is 0 Å². The third-order valence-electron chi connectivity index (χ3n) is 6.41. The first kappa shape index (κ1) is 21.6. The molecule has 0 saturated carbocycles. The van der Waals surface area contributed by atoms with Crippen LogP contribution in [0.1, 0.15) is 17.7 Å². The van der Waals surface area contributed by atoms with Gasteiger partial charge < -0.3 is 25.5 Å². The number of methoxy groups -OCH3 is 1. The molecule has 3 saturated heterocycles. The molecule has 2 atom stereocenters. The van der Waals surface area contributed by atoms with E-state index < -0.39 is 0 Å². The van der Waals surface area contributed by atoms with Gasteiger partial charge in [-0.2, -0.15) is 5.26 Å². The number of piperidine rings is 1. The lowest BCUT2D eigenvalue weighted by Gasteiger charge is -2.56. The average Bonchev–Trinajstić information content (AvgIpc) is 2.89. The fraction of sp³-hybridized carbons (Fsp3) is 0.292. The molecule has 10 heteroatoms. The van der Waals surface area contributed by atoms with E-state index in [1.165, 1.54) is 24.3 Å². The number of aromatic nitrogens is 3. The first-order valence-corrected chi connectivity index (χ1v) is 10.9. The highest BCUT2D eigenvalue weighted by Crippen LogP contribution is 2.35. The van der Waals surface area contributed by atoms with Crippen molar-refractivity contribution in [2.45, 2.75) is 25.0 Å². The molecule has 3 N–H and O–H groups in total. The fourth-order valence-corrected chi connectivity index (χ4v) is 4.66. The Labute approximate surface area is 197 Å². The van der Waals surface area contributed by atoms with Crippen LogP contribution in [-0.2, 0) is 6.54 Å². The molecular formula is C24H24N8O2. The number of nitrogens with zero attached hydrogens (tertiary/aromatic N) is 6. The summed E-state index contributed by atoms with van der Waals surface area (Å²) in [5.41, 5.74) is 2.76. The van der Waals surface area contributed by atoms with Crippen molar-refractivity contribution in [2.24, 2.45) is 0 Å². The Kier molecular flexibility index (Phi) is 5.69. The molecule has 2 aromatic heterocycles.